The highest BCUT2D eigenvalue weighted by atomic mass is 16.5. The van der Waals surface area contributed by atoms with Crippen LogP contribution in [0.2, 0.25) is 0 Å². The fourth-order valence-corrected chi connectivity index (χ4v) is 2.07. The fourth-order valence-electron chi connectivity index (χ4n) is 2.07. The third kappa shape index (κ3) is 4.40. The van der Waals surface area contributed by atoms with Gasteiger partial charge in [-0.15, -0.1) is 0 Å². The minimum Gasteiger partial charge on any atom is -0.384 e. The summed E-state index contributed by atoms with van der Waals surface area (Å²) in [6.07, 6.45) is 0. The van der Waals surface area contributed by atoms with Gasteiger partial charge >= 0.3 is 0 Å². The van der Waals surface area contributed by atoms with Crippen molar-refractivity contribution in [3.63, 3.8) is 0 Å². The number of ether oxygens (including phenoxy) is 1. The smallest absolute Gasteiger partial charge is 0.0503 e. The van der Waals surface area contributed by atoms with E-state index in [-0.39, 0.29) is 5.41 Å². The average Bonchev–Trinajstić information content (AvgIpc) is 2.16. The molecule has 0 aromatic heterocycles. The Labute approximate surface area is 101 Å². The molecule has 16 heavy (non-hydrogen) atoms. The molecule has 0 amide bonds. The number of methoxy groups -OCH3 is 1. The van der Waals surface area contributed by atoms with Crippen LogP contribution in [0.1, 0.15) is 34.6 Å². The van der Waals surface area contributed by atoms with Gasteiger partial charge < -0.3 is 10.5 Å². The predicted molar refractivity (Wildman–Crippen MR) is 70.6 cm³/mol. The summed E-state index contributed by atoms with van der Waals surface area (Å²) in [5, 5.41) is 0. The van der Waals surface area contributed by atoms with E-state index in [4.69, 9.17) is 10.5 Å². The fraction of sp³-hybridized carbons (Fsp3) is 1.00. The lowest BCUT2D eigenvalue weighted by molar-refractivity contribution is 0.0456. The van der Waals surface area contributed by atoms with Gasteiger partial charge in [-0.1, -0.05) is 27.7 Å². The summed E-state index contributed by atoms with van der Waals surface area (Å²) in [4.78, 5) is 2.39. The molecule has 0 aromatic carbocycles. The summed E-state index contributed by atoms with van der Waals surface area (Å²) in [5.41, 5.74) is 6.16. The molecule has 3 unspecified atom stereocenters. The SMILES string of the molecule is COCC(C)C(CN)N(C)C(C)C(C)(C)C. The highest BCUT2D eigenvalue weighted by molar-refractivity contribution is 4.85. The number of nitrogens with zero attached hydrogens (tertiary/aromatic N) is 1. The maximum absolute atomic E-state index is 5.89. The quantitative estimate of drug-likeness (QED) is 0.758. The first-order valence-corrected chi connectivity index (χ1v) is 6.16. The second kappa shape index (κ2) is 6.58. The molecule has 3 nitrogen and oxygen atoms in total. The van der Waals surface area contributed by atoms with Gasteiger partial charge in [0.25, 0.3) is 0 Å². The lowest BCUT2D eigenvalue weighted by atomic mass is 9.85. The topological polar surface area (TPSA) is 38.5 Å². The van der Waals surface area contributed by atoms with Crippen molar-refractivity contribution in [1.29, 1.82) is 0 Å². The summed E-state index contributed by atoms with van der Waals surface area (Å²) < 4.78 is 5.22. The lowest BCUT2D eigenvalue weighted by Crippen LogP contribution is -2.51. The Hall–Kier alpha value is -0.120. The Kier molecular flexibility index (Phi) is 6.53. The Bertz CT molecular complexity index is 189. The van der Waals surface area contributed by atoms with Gasteiger partial charge in [0.15, 0.2) is 0 Å². The molecule has 2 N–H and O–H groups in total. The summed E-state index contributed by atoms with van der Waals surface area (Å²) in [6.45, 7) is 12.7. The van der Waals surface area contributed by atoms with Gasteiger partial charge in [-0.3, -0.25) is 4.90 Å². The van der Waals surface area contributed by atoms with Crippen LogP contribution in [0.15, 0.2) is 0 Å². The van der Waals surface area contributed by atoms with Crippen LogP contribution < -0.4 is 5.73 Å². The zero-order valence-corrected chi connectivity index (χ0v) is 12.1. The van der Waals surface area contributed by atoms with Gasteiger partial charge in [0.2, 0.25) is 0 Å². The van der Waals surface area contributed by atoms with Crippen molar-refractivity contribution < 1.29 is 4.74 Å². The van der Waals surface area contributed by atoms with E-state index >= 15 is 0 Å². The Morgan fingerprint density at radius 3 is 2.06 bits per heavy atom. The van der Waals surface area contributed by atoms with Gasteiger partial charge in [0.1, 0.15) is 0 Å². The highest BCUT2D eigenvalue weighted by Gasteiger charge is 2.30. The first-order valence-electron chi connectivity index (χ1n) is 6.16. The average molecular weight is 230 g/mol. The largest absolute Gasteiger partial charge is 0.384 e. The van der Waals surface area contributed by atoms with Gasteiger partial charge in [0.05, 0.1) is 6.61 Å². The molecule has 3 heteroatoms. The molecule has 3 atom stereocenters. The van der Waals surface area contributed by atoms with Crippen LogP contribution in [0.4, 0.5) is 0 Å². The van der Waals surface area contributed by atoms with E-state index in [0.717, 1.165) is 6.61 Å². The van der Waals surface area contributed by atoms with Crippen LogP contribution in [0.5, 0.6) is 0 Å². The zero-order chi connectivity index (χ0) is 12.9. The van der Waals surface area contributed by atoms with E-state index in [1.807, 2.05) is 0 Å². The monoisotopic (exact) mass is 230 g/mol. The van der Waals surface area contributed by atoms with Crippen molar-refractivity contribution in [2.24, 2.45) is 17.1 Å². The predicted octanol–water partition coefficient (Wildman–Crippen LogP) is 1.96. The molecule has 0 aliphatic carbocycles. The van der Waals surface area contributed by atoms with Crippen LogP contribution in [-0.4, -0.2) is 44.3 Å². The second-order valence-corrected chi connectivity index (χ2v) is 5.94. The molecular weight excluding hydrogens is 200 g/mol. The Balaban J connectivity index is 4.58. The van der Waals surface area contributed by atoms with E-state index in [2.05, 4.69) is 46.6 Å². The molecule has 0 saturated carbocycles. The van der Waals surface area contributed by atoms with Crippen LogP contribution in [0, 0.1) is 11.3 Å². The van der Waals surface area contributed by atoms with Crippen molar-refractivity contribution >= 4 is 0 Å². The maximum Gasteiger partial charge on any atom is 0.0503 e. The molecule has 0 bridgehead atoms. The molecule has 98 valence electrons. The number of hydrogen-bond donors (Lipinski definition) is 1. The first kappa shape index (κ1) is 15.9. The molecule has 0 spiro atoms. The minimum atomic E-state index is 0.273. The van der Waals surface area contributed by atoms with E-state index in [9.17, 15) is 0 Å². The molecular formula is C13H30N2O. The lowest BCUT2D eigenvalue weighted by Gasteiger charge is -2.42. The number of hydrogen-bond acceptors (Lipinski definition) is 3. The van der Waals surface area contributed by atoms with Crippen molar-refractivity contribution in [1.82, 2.24) is 4.90 Å². The van der Waals surface area contributed by atoms with Crippen molar-refractivity contribution in [3.8, 4) is 0 Å². The normalized spacial score (nSPS) is 18.6. The summed E-state index contributed by atoms with van der Waals surface area (Å²) in [5.74, 6) is 0.463. The summed E-state index contributed by atoms with van der Waals surface area (Å²) in [7, 11) is 3.91. The first-order chi connectivity index (χ1) is 7.25. The van der Waals surface area contributed by atoms with E-state index in [0.29, 0.717) is 24.5 Å². The maximum atomic E-state index is 5.89. The summed E-state index contributed by atoms with van der Waals surface area (Å²) >= 11 is 0. The molecule has 0 aliphatic rings. The van der Waals surface area contributed by atoms with Gasteiger partial charge in [0, 0.05) is 25.7 Å². The van der Waals surface area contributed by atoms with Crippen LogP contribution in [0.3, 0.4) is 0 Å². The van der Waals surface area contributed by atoms with Gasteiger partial charge in [-0.25, -0.2) is 0 Å². The van der Waals surface area contributed by atoms with Gasteiger partial charge in [-0.05, 0) is 25.3 Å². The molecule has 0 rings (SSSR count). The zero-order valence-electron chi connectivity index (χ0n) is 12.1. The second-order valence-electron chi connectivity index (χ2n) is 5.94. The third-order valence-corrected chi connectivity index (χ3v) is 3.72. The van der Waals surface area contributed by atoms with E-state index < -0.39 is 0 Å². The Morgan fingerprint density at radius 2 is 1.75 bits per heavy atom. The van der Waals surface area contributed by atoms with Crippen molar-refractivity contribution in [3.05, 3.63) is 0 Å². The van der Waals surface area contributed by atoms with E-state index in [1.165, 1.54) is 0 Å². The van der Waals surface area contributed by atoms with Gasteiger partial charge in [-0.2, -0.15) is 0 Å². The highest BCUT2D eigenvalue weighted by Crippen LogP contribution is 2.26. The number of nitrogens with two attached hydrogens (primary N) is 1. The third-order valence-electron chi connectivity index (χ3n) is 3.72. The molecule has 0 fully saturated rings. The van der Waals surface area contributed by atoms with Crippen LogP contribution in [-0.2, 0) is 4.74 Å². The van der Waals surface area contributed by atoms with Crippen molar-refractivity contribution in [2.75, 3.05) is 27.3 Å². The standard InChI is InChI=1S/C13H30N2O/c1-10(9-16-7)12(8-14)15(6)11(2)13(3,4)5/h10-12H,8-9,14H2,1-7H3. The summed E-state index contributed by atoms with van der Waals surface area (Å²) in [6, 6.07) is 0.884. The number of likely N-dealkylation sites (N-methyl/N-ethyl adjacent to an activating group) is 1. The van der Waals surface area contributed by atoms with Crippen molar-refractivity contribution in [2.45, 2.75) is 46.7 Å². The Morgan fingerprint density at radius 1 is 1.25 bits per heavy atom. The molecule has 0 radical (unpaired) electrons. The molecule has 0 saturated heterocycles. The van der Waals surface area contributed by atoms with E-state index in [1.54, 1.807) is 7.11 Å². The molecule has 0 aliphatic heterocycles. The van der Waals surface area contributed by atoms with Crippen LogP contribution in [0.25, 0.3) is 0 Å². The van der Waals surface area contributed by atoms with Crippen LogP contribution >= 0.6 is 0 Å². The molecule has 0 aromatic rings. The molecule has 0 heterocycles. The number of rotatable bonds is 6. The minimum absolute atomic E-state index is 0.273.